The molecule has 2 aromatic rings. The Morgan fingerprint density at radius 2 is 2.17 bits per heavy atom. The van der Waals surface area contributed by atoms with Crippen molar-refractivity contribution in [3.8, 4) is 5.75 Å². The minimum Gasteiger partial charge on any atom is -0.508 e. The Kier molecular flexibility index (Phi) is 3.72. The summed E-state index contributed by atoms with van der Waals surface area (Å²) in [7, 11) is 1.70. The highest BCUT2D eigenvalue weighted by Crippen LogP contribution is 2.18. The van der Waals surface area contributed by atoms with Gasteiger partial charge in [0, 0.05) is 29.8 Å². The molecule has 1 aromatic carbocycles. The highest BCUT2D eigenvalue weighted by atomic mass is 79.9. The summed E-state index contributed by atoms with van der Waals surface area (Å²) in [5.74, 6) is 0.0776. The van der Waals surface area contributed by atoms with Crippen molar-refractivity contribution in [3.05, 3.63) is 52.3 Å². The second-order valence-corrected chi connectivity index (χ2v) is 4.94. The van der Waals surface area contributed by atoms with E-state index in [0.717, 1.165) is 10.0 Å². The number of aromatic hydroxyl groups is 1. The Morgan fingerprint density at radius 3 is 2.78 bits per heavy atom. The van der Waals surface area contributed by atoms with Crippen molar-refractivity contribution in [2.45, 2.75) is 6.54 Å². The van der Waals surface area contributed by atoms with Gasteiger partial charge in [0.25, 0.3) is 5.91 Å². The molecule has 2 N–H and O–H groups in total. The molecule has 0 saturated carbocycles. The number of hydrogen-bond acceptors (Lipinski definition) is 2. The molecule has 0 saturated heterocycles. The number of carbonyl (C=O) groups excluding carboxylic acids is 1. The van der Waals surface area contributed by atoms with Gasteiger partial charge in [-0.05, 0) is 28.1 Å². The number of H-pyrrole nitrogens is 1. The summed E-state index contributed by atoms with van der Waals surface area (Å²) in [6, 6.07) is 8.72. The van der Waals surface area contributed by atoms with Gasteiger partial charge >= 0.3 is 0 Å². The maximum atomic E-state index is 12.1. The maximum Gasteiger partial charge on any atom is 0.270 e. The largest absolute Gasteiger partial charge is 0.508 e. The number of carbonyl (C=O) groups is 1. The highest BCUT2D eigenvalue weighted by Gasteiger charge is 2.14. The number of para-hydroxylation sites is 1. The van der Waals surface area contributed by atoms with Crippen LogP contribution in [-0.4, -0.2) is 27.9 Å². The molecule has 0 aliphatic carbocycles. The molecule has 0 fully saturated rings. The van der Waals surface area contributed by atoms with Crippen molar-refractivity contribution >= 4 is 21.8 Å². The molecule has 0 radical (unpaired) electrons. The van der Waals surface area contributed by atoms with E-state index in [1.54, 1.807) is 42.4 Å². The fraction of sp³-hybridized carbons (Fsp3) is 0.154. The Morgan fingerprint density at radius 1 is 1.44 bits per heavy atom. The fourth-order valence-corrected chi connectivity index (χ4v) is 2.01. The van der Waals surface area contributed by atoms with Crippen molar-refractivity contribution in [1.29, 1.82) is 0 Å². The summed E-state index contributed by atoms with van der Waals surface area (Å²) in [5.41, 5.74) is 1.23. The van der Waals surface area contributed by atoms with Crippen molar-refractivity contribution in [2.75, 3.05) is 7.05 Å². The van der Waals surface area contributed by atoms with Gasteiger partial charge in [0.05, 0.1) is 0 Å². The van der Waals surface area contributed by atoms with Gasteiger partial charge in [-0.3, -0.25) is 4.79 Å². The smallest absolute Gasteiger partial charge is 0.270 e. The number of nitrogens with one attached hydrogen (secondary N) is 1. The monoisotopic (exact) mass is 308 g/mol. The molecule has 0 spiro atoms. The molecule has 2 rings (SSSR count). The van der Waals surface area contributed by atoms with Crippen molar-refractivity contribution in [1.82, 2.24) is 9.88 Å². The summed E-state index contributed by atoms with van der Waals surface area (Å²) >= 11 is 3.29. The third-order valence-corrected chi connectivity index (χ3v) is 3.08. The molecule has 0 aliphatic rings. The normalized spacial score (nSPS) is 10.3. The van der Waals surface area contributed by atoms with E-state index in [4.69, 9.17) is 0 Å². The van der Waals surface area contributed by atoms with Crippen LogP contribution in [0.25, 0.3) is 0 Å². The minimum absolute atomic E-state index is 0.121. The zero-order valence-corrected chi connectivity index (χ0v) is 11.4. The number of phenolic OH excluding ortho intramolecular Hbond substituents is 1. The summed E-state index contributed by atoms with van der Waals surface area (Å²) in [6.07, 6.45) is 1.71. The third kappa shape index (κ3) is 2.73. The van der Waals surface area contributed by atoms with E-state index >= 15 is 0 Å². The van der Waals surface area contributed by atoms with Gasteiger partial charge in [-0.1, -0.05) is 18.2 Å². The third-order valence-electron chi connectivity index (χ3n) is 2.62. The number of aromatic amines is 1. The van der Waals surface area contributed by atoms with Crippen molar-refractivity contribution < 1.29 is 9.90 Å². The van der Waals surface area contributed by atoms with E-state index in [2.05, 4.69) is 20.9 Å². The van der Waals surface area contributed by atoms with E-state index in [-0.39, 0.29) is 11.7 Å². The van der Waals surface area contributed by atoms with Crippen LogP contribution < -0.4 is 0 Å². The van der Waals surface area contributed by atoms with Gasteiger partial charge in [-0.25, -0.2) is 0 Å². The van der Waals surface area contributed by atoms with E-state index in [1.165, 1.54) is 0 Å². The molecule has 18 heavy (non-hydrogen) atoms. The van der Waals surface area contributed by atoms with Crippen molar-refractivity contribution in [3.63, 3.8) is 0 Å². The molecule has 0 aliphatic heterocycles. The molecule has 1 aromatic heterocycles. The molecule has 0 bridgehead atoms. The zero-order chi connectivity index (χ0) is 13.1. The lowest BCUT2D eigenvalue weighted by Crippen LogP contribution is -2.26. The van der Waals surface area contributed by atoms with Crippen LogP contribution in [0, 0.1) is 0 Å². The van der Waals surface area contributed by atoms with Gasteiger partial charge in [0.2, 0.25) is 0 Å². The van der Waals surface area contributed by atoms with Crippen LogP contribution in [0.5, 0.6) is 5.75 Å². The molecule has 0 unspecified atom stereocenters. The topological polar surface area (TPSA) is 56.3 Å². The van der Waals surface area contributed by atoms with Gasteiger partial charge in [-0.15, -0.1) is 0 Å². The standard InChI is InChI=1S/C13H13BrN2O2/c1-16(8-9-4-2-3-5-12(9)17)13(18)11-6-10(14)7-15-11/h2-7,15,17H,8H2,1H3. The summed E-state index contributed by atoms with van der Waals surface area (Å²) in [4.78, 5) is 16.5. The Bertz CT molecular complexity index is 566. The van der Waals surface area contributed by atoms with E-state index < -0.39 is 0 Å². The van der Waals surface area contributed by atoms with Crippen molar-refractivity contribution in [2.24, 2.45) is 0 Å². The SMILES string of the molecule is CN(Cc1ccccc1O)C(=O)c1cc(Br)c[nH]1. The summed E-state index contributed by atoms with van der Waals surface area (Å²) in [6.45, 7) is 0.363. The van der Waals surface area contributed by atoms with Gasteiger partial charge in [0.15, 0.2) is 0 Å². The molecule has 1 heterocycles. The quantitative estimate of drug-likeness (QED) is 0.916. The lowest BCUT2D eigenvalue weighted by Gasteiger charge is -2.17. The van der Waals surface area contributed by atoms with E-state index in [0.29, 0.717) is 12.2 Å². The Hall–Kier alpha value is -1.75. The van der Waals surface area contributed by atoms with Crippen LogP contribution in [0.4, 0.5) is 0 Å². The molecule has 4 nitrogen and oxygen atoms in total. The van der Waals surface area contributed by atoms with Crippen LogP contribution in [0.1, 0.15) is 16.1 Å². The number of rotatable bonds is 3. The molecule has 0 atom stereocenters. The lowest BCUT2D eigenvalue weighted by atomic mass is 10.2. The summed E-state index contributed by atoms with van der Waals surface area (Å²) < 4.78 is 0.835. The number of amides is 1. The van der Waals surface area contributed by atoms with E-state index in [9.17, 15) is 9.90 Å². The zero-order valence-electron chi connectivity index (χ0n) is 9.85. The van der Waals surface area contributed by atoms with Crippen LogP contribution in [-0.2, 0) is 6.54 Å². The molecular weight excluding hydrogens is 296 g/mol. The first-order valence-corrected chi connectivity index (χ1v) is 6.23. The fourth-order valence-electron chi connectivity index (χ4n) is 1.67. The lowest BCUT2D eigenvalue weighted by molar-refractivity contribution is 0.0779. The van der Waals surface area contributed by atoms with Gasteiger partial charge in [-0.2, -0.15) is 0 Å². The average molecular weight is 309 g/mol. The Balaban J connectivity index is 2.11. The Labute approximate surface area is 113 Å². The number of halogens is 1. The molecule has 94 valence electrons. The highest BCUT2D eigenvalue weighted by molar-refractivity contribution is 9.10. The van der Waals surface area contributed by atoms with E-state index in [1.807, 2.05) is 6.07 Å². The second kappa shape index (κ2) is 5.27. The maximum absolute atomic E-state index is 12.1. The number of phenols is 1. The molecular formula is C13H13BrN2O2. The first kappa shape index (κ1) is 12.7. The van der Waals surface area contributed by atoms with Crippen LogP contribution >= 0.6 is 15.9 Å². The van der Waals surface area contributed by atoms with Crippen LogP contribution in [0.15, 0.2) is 41.0 Å². The first-order valence-electron chi connectivity index (χ1n) is 5.44. The number of nitrogens with zero attached hydrogens (tertiary/aromatic N) is 1. The average Bonchev–Trinajstić information content (AvgIpc) is 2.78. The summed E-state index contributed by atoms with van der Waals surface area (Å²) in [5, 5.41) is 9.66. The predicted molar refractivity (Wildman–Crippen MR) is 72.4 cm³/mol. The second-order valence-electron chi connectivity index (χ2n) is 4.02. The van der Waals surface area contributed by atoms with Crippen LogP contribution in [0.3, 0.4) is 0 Å². The van der Waals surface area contributed by atoms with Gasteiger partial charge in [0.1, 0.15) is 11.4 Å². The molecule has 5 heteroatoms. The molecule has 1 amide bonds. The van der Waals surface area contributed by atoms with Gasteiger partial charge < -0.3 is 15.0 Å². The predicted octanol–water partition coefficient (Wildman–Crippen LogP) is 2.76. The minimum atomic E-state index is -0.121. The first-order chi connectivity index (χ1) is 8.58. The van der Waals surface area contributed by atoms with Crippen LogP contribution in [0.2, 0.25) is 0 Å². The number of hydrogen-bond donors (Lipinski definition) is 2. The number of benzene rings is 1. The number of aromatic nitrogens is 1.